The SMILES string of the molecule is Nc1ccc2cccc(S(=O)(=O)Nc3ccc(C=O)cc3)c2n1. The highest BCUT2D eigenvalue weighted by atomic mass is 32.2. The second kappa shape index (κ2) is 5.69. The molecule has 3 N–H and O–H groups in total. The quantitative estimate of drug-likeness (QED) is 0.717. The van der Waals surface area contributed by atoms with E-state index in [1.165, 1.54) is 30.3 Å². The number of hydrogen-bond donors (Lipinski definition) is 2. The van der Waals surface area contributed by atoms with E-state index in [-0.39, 0.29) is 10.7 Å². The second-order valence-electron chi connectivity index (χ2n) is 4.91. The van der Waals surface area contributed by atoms with Gasteiger partial charge in [0.1, 0.15) is 17.0 Å². The van der Waals surface area contributed by atoms with Crippen LogP contribution in [0.1, 0.15) is 10.4 Å². The summed E-state index contributed by atoms with van der Waals surface area (Å²) < 4.78 is 27.7. The number of carbonyl (C=O) groups excluding carboxylic acids is 1. The van der Waals surface area contributed by atoms with Gasteiger partial charge >= 0.3 is 0 Å². The molecule has 3 rings (SSSR count). The number of fused-ring (bicyclic) bond motifs is 1. The largest absolute Gasteiger partial charge is 0.384 e. The number of para-hydroxylation sites is 1. The number of aldehydes is 1. The Balaban J connectivity index is 2.05. The number of benzene rings is 2. The Morgan fingerprint density at radius 1 is 1.00 bits per heavy atom. The van der Waals surface area contributed by atoms with E-state index in [9.17, 15) is 13.2 Å². The molecule has 2 aromatic carbocycles. The molecule has 0 radical (unpaired) electrons. The minimum absolute atomic E-state index is 0.0433. The van der Waals surface area contributed by atoms with Gasteiger partial charge in [-0.15, -0.1) is 0 Å². The lowest BCUT2D eigenvalue weighted by Crippen LogP contribution is -2.14. The van der Waals surface area contributed by atoms with Gasteiger partial charge in [0.15, 0.2) is 0 Å². The Morgan fingerprint density at radius 2 is 1.74 bits per heavy atom. The number of hydrogen-bond acceptors (Lipinski definition) is 5. The molecule has 7 heteroatoms. The van der Waals surface area contributed by atoms with Gasteiger partial charge in [-0.2, -0.15) is 0 Å². The Labute approximate surface area is 133 Å². The maximum atomic E-state index is 12.6. The van der Waals surface area contributed by atoms with E-state index in [0.29, 0.717) is 28.4 Å². The molecular weight excluding hydrogens is 314 g/mol. The van der Waals surface area contributed by atoms with Gasteiger partial charge < -0.3 is 5.73 Å². The Hall–Kier alpha value is -2.93. The average molecular weight is 327 g/mol. The lowest BCUT2D eigenvalue weighted by molar-refractivity contribution is 0.112. The summed E-state index contributed by atoms with van der Waals surface area (Å²) in [6.45, 7) is 0. The number of sulfonamides is 1. The van der Waals surface area contributed by atoms with Crippen LogP contribution in [-0.4, -0.2) is 19.7 Å². The molecule has 0 aliphatic carbocycles. The van der Waals surface area contributed by atoms with Gasteiger partial charge in [0.05, 0.1) is 5.52 Å². The van der Waals surface area contributed by atoms with Crippen molar-refractivity contribution in [2.45, 2.75) is 4.90 Å². The van der Waals surface area contributed by atoms with Gasteiger partial charge in [-0.05, 0) is 42.5 Å². The van der Waals surface area contributed by atoms with E-state index < -0.39 is 10.0 Å². The normalized spacial score (nSPS) is 11.3. The molecule has 1 heterocycles. The number of nitrogens with zero attached hydrogens (tertiary/aromatic N) is 1. The van der Waals surface area contributed by atoms with Crippen molar-refractivity contribution < 1.29 is 13.2 Å². The van der Waals surface area contributed by atoms with Gasteiger partial charge in [0.2, 0.25) is 0 Å². The van der Waals surface area contributed by atoms with E-state index in [2.05, 4.69) is 9.71 Å². The Bertz CT molecular complexity index is 983. The fraction of sp³-hybridized carbons (Fsp3) is 0. The van der Waals surface area contributed by atoms with Crippen molar-refractivity contribution in [2.75, 3.05) is 10.5 Å². The van der Waals surface area contributed by atoms with Crippen LogP contribution in [0.25, 0.3) is 10.9 Å². The third-order valence-corrected chi connectivity index (χ3v) is 4.71. The minimum Gasteiger partial charge on any atom is -0.384 e. The van der Waals surface area contributed by atoms with Crippen LogP contribution in [0.15, 0.2) is 59.5 Å². The summed E-state index contributed by atoms with van der Waals surface area (Å²) in [7, 11) is -3.83. The Morgan fingerprint density at radius 3 is 2.43 bits per heavy atom. The zero-order valence-corrected chi connectivity index (χ0v) is 12.7. The predicted molar refractivity (Wildman–Crippen MR) is 88.8 cm³/mol. The van der Waals surface area contributed by atoms with Crippen molar-refractivity contribution in [3.05, 3.63) is 60.2 Å². The van der Waals surface area contributed by atoms with Crippen molar-refractivity contribution in [3.63, 3.8) is 0 Å². The summed E-state index contributed by atoms with van der Waals surface area (Å²) in [5, 5.41) is 0.679. The van der Waals surface area contributed by atoms with E-state index >= 15 is 0 Å². The van der Waals surface area contributed by atoms with Crippen molar-refractivity contribution in [3.8, 4) is 0 Å². The molecule has 0 saturated heterocycles. The summed E-state index contributed by atoms with van der Waals surface area (Å²) >= 11 is 0. The number of aromatic nitrogens is 1. The molecule has 0 saturated carbocycles. The van der Waals surface area contributed by atoms with E-state index in [1.54, 1.807) is 24.3 Å². The van der Waals surface area contributed by atoms with Crippen molar-refractivity contribution in [1.82, 2.24) is 4.98 Å². The minimum atomic E-state index is -3.83. The molecule has 3 aromatic rings. The lowest BCUT2D eigenvalue weighted by Gasteiger charge is -2.10. The molecule has 0 atom stereocenters. The maximum absolute atomic E-state index is 12.6. The lowest BCUT2D eigenvalue weighted by atomic mass is 10.2. The number of nitrogens with two attached hydrogens (primary N) is 1. The molecule has 0 unspecified atom stereocenters. The standard InChI is InChI=1S/C16H13N3O3S/c17-15-9-6-12-2-1-3-14(16(12)18-15)23(21,22)19-13-7-4-11(10-20)5-8-13/h1-10,19H,(H2,17,18). The smallest absolute Gasteiger partial charge is 0.264 e. The summed E-state index contributed by atoms with van der Waals surface area (Å²) in [5.74, 6) is 0.246. The first-order chi connectivity index (χ1) is 11.0. The molecule has 6 nitrogen and oxygen atoms in total. The molecule has 1 aromatic heterocycles. The number of anilines is 2. The highest BCUT2D eigenvalue weighted by molar-refractivity contribution is 7.93. The van der Waals surface area contributed by atoms with Crippen LogP contribution in [0.2, 0.25) is 0 Å². The molecule has 0 amide bonds. The molecule has 0 fully saturated rings. The zero-order valence-electron chi connectivity index (χ0n) is 11.9. The number of carbonyl (C=O) groups is 1. The van der Waals surface area contributed by atoms with Gasteiger partial charge in [-0.1, -0.05) is 12.1 Å². The van der Waals surface area contributed by atoms with Crippen molar-refractivity contribution in [2.24, 2.45) is 0 Å². The summed E-state index contributed by atoms with van der Waals surface area (Å²) in [6.07, 6.45) is 0.690. The van der Waals surface area contributed by atoms with Gasteiger partial charge in [0.25, 0.3) is 10.0 Å². The van der Waals surface area contributed by atoms with Crippen LogP contribution in [0.3, 0.4) is 0 Å². The number of nitrogen functional groups attached to an aromatic ring is 1. The van der Waals surface area contributed by atoms with Crippen LogP contribution in [0.5, 0.6) is 0 Å². The topological polar surface area (TPSA) is 102 Å². The number of pyridine rings is 1. The Kier molecular flexibility index (Phi) is 3.71. The van der Waals surface area contributed by atoms with Crippen molar-refractivity contribution >= 4 is 38.7 Å². The zero-order chi connectivity index (χ0) is 16.4. The molecule has 23 heavy (non-hydrogen) atoms. The molecule has 0 aliphatic rings. The van der Waals surface area contributed by atoms with Crippen LogP contribution < -0.4 is 10.5 Å². The summed E-state index contributed by atoms with van der Waals surface area (Å²) in [5.41, 5.74) is 6.79. The molecule has 0 aliphatic heterocycles. The fourth-order valence-corrected chi connectivity index (χ4v) is 3.42. The highest BCUT2D eigenvalue weighted by Gasteiger charge is 2.18. The first-order valence-electron chi connectivity index (χ1n) is 6.73. The predicted octanol–water partition coefficient (Wildman–Crippen LogP) is 2.43. The summed E-state index contributed by atoms with van der Waals surface area (Å²) in [6, 6.07) is 14.3. The van der Waals surface area contributed by atoms with E-state index in [1.807, 2.05) is 0 Å². The number of nitrogens with one attached hydrogen (secondary N) is 1. The van der Waals surface area contributed by atoms with Crippen LogP contribution in [0.4, 0.5) is 11.5 Å². The molecule has 116 valence electrons. The first kappa shape index (κ1) is 15.0. The van der Waals surface area contributed by atoms with Crippen molar-refractivity contribution in [1.29, 1.82) is 0 Å². The van der Waals surface area contributed by atoms with Crippen LogP contribution >= 0.6 is 0 Å². The van der Waals surface area contributed by atoms with E-state index in [4.69, 9.17) is 5.73 Å². The molecule has 0 spiro atoms. The third-order valence-electron chi connectivity index (χ3n) is 3.29. The van der Waals surface area contributed by atoms with Gasteiger partial charge in [0, 0.05) is 16.6 Å². The fourth-order valence-electron chi connectivity index (χ4n) is 2.19. The molecule has 0 bridgehead atoms. The van der Waals surface area contributed by atoms with Crippen LogP contribution in [-0.2, 0) is 10.0 Å². The first-order valence-corrected chi connectivity index (χ1v) is 8.21. The highest BCUT2D eigenvalue weighted by Crippen LogP contribution is 2.24. The number of rotatable bonds is 4. The monoisotopic (exact) mass is 327 g/mol. The average Bonchev–Trinajstić information content (AvgIpc) is 2.54. The molecular formula is C16H13N3O3S. The van der Waals surface area contributed by atoms with Gasteiger partial charge in [-0.25, -0.2) is 13.4 Å². The van der Waals surface area contributed by atoms with Crippen LogP contribution in [0, 0.1) is 0 Å². The van der Waals surface area contributed by atoms with Gasteiger partial charge in [-0.3, -0.25) is 9.52 Å². The maximum Gasteiger partial charge on any atom is 0.264 e. The summed E-state index contributed by atoms with van der Waals surface area (Å²) in [4.78, 5) is 14.8. The third kappa shape index (κ3) is 3.00. The second-order valence-corrected chi connectivity index (χ2v) is 6.56. The van der Waals surface area contributed by atoms with E-state index in [0.717, 1.165) is 0 Å².